The molecule has 1 atom stereocenters. The third-order valence-corrected chi connectivity index (χ3v) is 6.09. The zero-order valence-electron chi connectivity index (χ0n) is 16.3. The van der Waals surface area contributed by atoms with Crippen molar-refractivity contribution in [2.24, 2.45) is 12.5 Å². The third kappa shape index (κ3) is 3.56. The van der Waals surface area contributed by atoms with Gasteiger partial charge < -0.3 is 10.2 Å². The smallest absolute Gasteiger partial charge is 0.229 e. The minimum Gasteiger partial charge on any atom is -0.355 e. The maximum absolute atomic E-state index is 4.78. The summed E-state index contributed by atoms with van der Waals surface area (Å²) in [6, 6.07) is 2.48. The molecule has 1 saturated heterocycles. The van der Waals surface area contributed by atoms with Crippen molar-refractivity contribution in [3.63, 3.8) is 0 Å². The van der Waals surface area contributed by atoms with Crippen molar-refractivity contribution in [3.05, 3.63) is 37.3 Å². The van der Waals surface area contributed by atoms with Crippen LogP contribution in [-0.4, -0.2) is 57.4 Å². The van der Waals surface area contributed by atoms with Gasteiger partial charge >= 0.3 is 0 Å². The minimum absolute atomic E-state index is 0.375. The van der Waals surface area contributed by atoms with Crippen LogP contribution >= 0.6 is 0 Å². The monoisotopic (exact) mass is 367 g/mol. The summed E-state index contributed by atoms with van der Waals surface area (Å²) < 4.78 is 1.76. The van der Waals surface area contributed by atoms with Gasteiger partial charge in [0.1, 0.15) is 5.82 Å². The number of likely N-dealkylation sites (N-methyl/N-ethyl adjacent to an activating group) is 1. The Kier molecular flexibility index (Phi) is 4.86. The molecule has 1 spiro atoms. The number of hydrogen-bond acceptors (Lipinski definition) is 6. The van der Waals surface area contributed by atoms with Gasteiger partial charge in [-0.2, -0.15) is 10.1 Å². The first-order chi connectivity index (χ1) is 13.1. The topological polar surface area (TPSA) is 62.1 Å². The summed E-state index contributed by atoms with van der Waals surface area (Å²) in [6.07, 6.45) is 12.8. The van der Waals surface area contributed by atoms with E-state index < -0.39 is 0 Å². The van der Waals surface area contributed by atoms with Gasteiger partial charge in [-0.3, -0.25) is 9.58 Å². The van der Waals surface area contributed by atoms with Gasteiger partial charge in [-0.1, -0.05) is 18.9 Å². The SMILES string of the molecule is C=CCN1CC(N(C)c2ccnc(Nc3cnn(C)c3)n2)C2(CCCC2)C1. The molecule has 1 unspecified atom stereocenters. The van der Waals surface area contributed by atoms with Crippen molar-refractivity contribution in [1.29, 1.82) is 0 Å². The van der Waals surface area contributed by atoms with E-state index in [0.717, 1.165) is 24.6 Å². The Hall–Kier alpha value is -2.41. The number of hydrogen-bond donors (Lipinski definition) is 1. The van der Waals surface area contributed by atoms with E-state index in [9.17, 15) is 0 Å². The first-order valence-corrected chi connectivity index (χ1v) is 9.74. The first-order valence-electron chi connectivity index (χ1n) is 9.74. The Morgan fingerprint density at radius 3 is 2.93 bits per heavy atom. The maximum atomic E-state index is 4.78. The Morgan fingerprint density at radius 1 is 1.41 bits per heavy atom. The van der Waals surface area contributed by atoms with E-state index in [1.54, 1.807) is 10.9 Å². The van der Waals surface area contributed by atoms with Crippen molar-refractivity contribution in [3.8, 4) is 0 Å². The molecule has 3 heterocycles. The van der Waals surface area contributed by atoms with Crippen molar-refractivity contribution in [1.82, 2.24) is 24.6 Å². The summed E-state index contributed by atoms with van der Waals surface area (Å²) in [7, 11) is 4.07. The highest BCUT2D eigenvalue weighted by molar-refractivity contribution is 5.53. The molecule has 1 aliphatic carbocycles. The number of aryl methyl sites for hydroxylation is 1. The molecule has 2 fully saturated rings. The molecular weight excluding hydrogens is 338 g/mol. The van der Waals surface area contributed by atoms with Gasteiger partial charge in [0.05, 0.1) is 11.9 Å². The highest BCUT2D eigenvalue weighted by Gasteiger charge is 2.49. The average Bonchev–Trinajstić information content (AvgIpc) is 3.37. The molecule has 144 valence electrons. The van der Waals surface area contributed by atoms with Crippen molar-refractivity contribution >= 4 is 17.5 Å². The van der Waals surface area contributed by atoms with E-state index in [1.807, 2.05) is 31.6 Å². The molecule has 1 aliphatic heterocycles. The van der Waals surface area contributed by atoms with Gasteiger partial charge in [0, 0.05) is 57.6 Å². The van der Waals surface area contributed by atoms with Gasteiger partial charge in [-0.05, 0) is 18.9 Å². The number of aromatic nitrogens is 4. The standard InChI is InChI=1S/C20H29N7/c1-4-11-27-14-17(20(15-27)8-5-6-9-20)26(3)18-7-10-21-19(24-18)23-16-12-22-25(2)13-16/h4,7,10,12-13,17H,1,5-6,8-9,11,14-15H2,2-3H3,(H,21,23,24). The molecular formula is C20H29N7. The second-order valence-corrected chi connectivity index (χ2v) is 7.95. The second kappa shape index (κ2) is 7.31. The molecule has 2 aliphatic rings. The van der Waals surface area contributed by atoms with E-state index in [2.05, 4.69) is 38.8 Å². The van der Waals surface area contributed by atoms with Gasteiger partial charge in [0.2, 0.25) is 5.95 Å². The van der Waals surface area contributed by atoms with Crippen molar-refractivity contribution in [2.75, 3.05) is 36.9 Å². The molecule has 0 bridgehead atoms. The summed E-state index contributed by atoms with van der Waals surface area (Å²) in [6.45, 7) is 7.13. The first kappa shape index (κ1) is 18.0. The summed E-state index contributed by atoms with van der Waals surface area (Å²) >= 11 is 0. The number of nitrogens with one attached hydrogen (secondary N) is 1. The van der Waals surface area contributed by atoms with Gasteiger partial charge in [-0.25, -0.2) is 4.98 Å². The fraction of sp³-hybridized carbons (Fsp3) is 0.550. The highest BCUT2D eigenvalue weighted by Crippen LogP contribution is 2.47. The molecule has 7 heteroatoms. The predicted molar refractivity (Wildman–Crippen MR) is 108 cm³/mol. The lowest BCUT2D eigenvalue weighted by molar-refractivity contribution is 0.259. The van der Waals surface area contributed by atoms with Crippen LogP contribution < -0.4 is 10.2 Å². The van der Waals surface area contributed by atoms with Gasteiger partial charge in [0.15, 0.2) is 0 Å². The van der Waals surface area contributed by atoms with E-state index in [-0.39, 0.29) is 0 Å². The van der Waals surface area contributed by atoms with Gasteiger partial charge in [0.25, 0.3) is 0 Å². The van der Waals surface area contributed by atoms with Crippen LogP contribution in [-0.2, 0) is 7.05 Å². The molecule has 0 amide bonds. The molecule has 2 aromatic rings. The lowest BCUT2D eigenvalue weighted by atomic mass is 9.80. The highest BCUT2D eigenvalue weighted by atomic mass is 15.3. The maximum Gasteiger partial charge on any atom is 0.229 e. The summed E-state index contributed by atoms with van der Waals surface area (Å²) in [5.74, 6) is 1.57. The number of rotatable bonds is 6. The van der Waals surface area contributed by atoms with E-state index in [1.165, 1.54) is 32.2 Å². The fourth-order valence-electron chi connectivity index (χ4n) is 4.86. The summed E-state index contributed by atoms with van der Waals surface area (Å²) in [4.78, 5) is 14.1. The molecule has 1 saturated carbocycles. The molecule has 1 N–H and O–H groups in total. The van der Waals surface area contributed by atoms with Crippen LogP contribution in [0, 0.1) is 5.41 Å². The molecule has 2 aromatic heterocycles. The largest absolute Gasteiger partial charge is 0.355 e. The van der Waals surface area contributed by atoms with Crippen LogP contribution in [0.3, 0.4) is 0 Å². The van der Waals surface area contributed by atoms with Crippen LogP contribution in [0.15, 0.2) is 37.3 Å². The lowest BCUT2D eigenvalue weighted by Gasteiger charge is -2.37. The van der Waals surface area contributed by atoms with E-state index >= 15 is 0 Å². The molecule has 0 radical (unpaired) electrons. The summed E-state index contributed by atoms with van der Waals surface area (Å²) in [5.41, 5.74) is 1.27. The number of likely N-dealkylation sites (tertiary alicyclic amines) is 1. The number of anilines is 3. The van der Waals surface area contributed by atoms with Crippen LogP contribution in [0.5, 0.6) is 0 Å². The average molecular weight is 368 g/mol. The van der Waals surface area contributed by atoms with E-state index in [4.69, 9.17) is 4.98 Å². The summed E-state index contributed by atoms with van der Waals surface area (Å²) in [5, 5.41) is 7.43. The Bertz CT molecular complexity index is 793. The molecule has 4 rings (SSSR count). The second-order valence-electron chi connectivity index (χ2n) is 7.95. The zero-order valence-corrected chi connectivity index (χ0v) is 16.3. The Balaban J connectivity index is 1.55. The normalized spacial score (nSPS) is 21.6. The van der Waals surface area contributed by atoms with Crippen LogP contribution in [0.4, 0.5) is 17.5 Å². The fourth-order valence-corrected chi connectivity index (χ4v) is 4.86. The third-order valence-electron chi connectivity index (χ3n) is 6.09. The predicted octanol–water partition coefficient (Wildman–Crippen LogP) is 2.82. The Morgan fingerprint density at radius 2 is 2.22 bits per heavy atom. The molecule has 27 heavy (non-hydrogen) atoms. The van der Waals surface area contributed by atoms with Crippen LogP contribution in [0.25, 0.3) is 0 Å². The lowest BCUT2D eigenvalue weighted by Crippen LogP contribution is -2.44. The van der Waals surface area contributed by atoms with Crippen LogP contribution in [0.1, 0.15) is 25.7 Å². The van der Waals surface area contributed by atoms with Crippen molar-refractivity contribution in [2.45, 2.75) is 31.7 Å². The Labute approximate surface area is 161 Å². The molecule has 0 aromatic carbocycles. The minimum atomic E-state index is 0.375. The van der Waals surface area contributed by atoms with Crippen molar-refractivity contribution < 1.29 is 0 Å². The van der Waals surface area contributed by atoms with Crippen LogP contribution in [0.2, 0.25) is 0 Å². The van der Waals surface area contributed by atoms with E-state index in [0.29, 0.717) is 17.4 Å². The molecule has 7 nitrogen and oxygen atoms in total. The zero-order chi connectivity index (χ0) is 18.9. The quantitative estimate of drug-likeness (QED) is 0.792. The number of nitrogens with zero attached hydrogens (tertiary/aromatic N) is 6. The van der Waals surface area contributed by atoms with Gasteiger partial charge in [-0.15, -0.1) is 6.58 Å².